The van der Waals surface area contributed by atoms with Crippen molar-refractivity contribution in [2.45, 2.75) is 128 Å². The molecular formula is C39H52O10. The number of hydrogen-bond donors (Lipinski definition) is 1. The minimum Gasteiger partial charge on any atom is -0.497 e. The van der Waals surface area contributed by atoms with Gasteiger partial charge in [0.25, 0.3) is 0 Å². The minimum absolute atomic E-state index is 0.00264. The van der Waals surface area contributed by atoms with Crippen LogP contribution < -0.4 is 4.74 Å². The van der Waals surface area contributed by atoms with Crippen LogP contribution in [0.15, 0.2) is 35.9 Å². The monoisotopic (exact) mass is 680 g/mol. The van der Waals surface area contributed by atoms with Crippen molar-refractivity contribution < 1.29 is 47.9 Å². The summed E-state index contributed by atoms with van der Waals surface area (Å²) in [5, 5.41) is 12.5. The van der Waals surface area contributed by atoms with Gasteiger partial charge in [0.1, 0.15) is 18.5 Å². The maximum Gasteiger partial charge on any atom is 0.338 e. The third-order valence-corrected chi connectivity index (χ3v) is 13.8. The Bertz CT molecular complexity index is 1470. The van der Waals surface area contributed by atoms with Gasteiger partial charge >= 0.3 is 17.9 Å². The van der Waals surface area contributed by atoms with Gasteiger partial charge in [-0.3, -0.25) is 4.79 Å². The van der Waals surface area contributed by atoms with Crippen molar-refractivity contribution in [1.82, 2.24) is 0 Å². The van der Waals surface area contributed by atoms with Crippen molar-refractivity contribution in [3.8, 4) is 5.75 Å². The van der Waals surface area contributed by atoms with E-state index in [0.29, 0.717) is 29.8 Å². The van der Waals surface area contributed by atoms with Gasteiger partial charge in [0.15, 0.2) is 12.4 Å². The lowest BCUT2D eigenvalue weighted by Crippen LogP contribution is -2.62. The highest BCUT2D eigenvalue weighted by atomic mass is 16.7. The summed E-state index contributed by atoms with van der Waals surface area (Å²) < 4.78 is 34.9. The van der Waals surface area contributed by atoms with Crippen LogP contribution in [0.25, 0.3) is 0 Å². The summed E-state index contributed by atoms with van der Waals surface area (Å²) in [5.41, 5.74) is 0.570. The highest BCUT2D eigenvalue weighted by Crippen LogP contribution is 2.70. The molecule has 0 radical (unpaired) electrons. The predicted octanol–water partition coefficient (Wildman–Crippen LogP) is 5.93. The van der Waals surface area contributed by atoms with Gasteiger partial charge in [-0.1, -0.05) is 13.8 Å². The number of carbonyl (C=O) groups is 3. The van der Waals surface area contributed by atoms with E-state index in [0.717, 1.165) is 63.4 Å². The number of aliphatic hydroxyl groups is 1. The second-order valence-electron chi connectivity index (χ2n) is 16.1. The molecule has 268 valence electrons. The van der Waals surface area contributed by atoms with E-state index >= 15 is 0 Å². The molecule has 1 N–H and O–H groups in total. The Morgan fingerprint density at radius 3 is 2.41 bits per heavy atom. The van der Waals surface area contributed by atoms with Crippen LogP contribution in [-0.4, -0.2) is 73.0 Å². The van der Waals surface area contributed by atoms with E-state index < -0.39 is 42.1 Å². The number of hydrogen-bond acceptors (Lipinski definition) is 10. The fourth-order valence-corrected chi connectivity index (χ4v) is 11.2. The van der Waals surface area contributed by atoms with E-state index in [9.17, 15) is 19.5 Å². The average Bonchev–Trinajstić information content (AvgIpc) is 3.61. The molecule has 0 unspecified atom stereocenters. The number of benzene rings is 1. The molecule has 2 heterocycles. The van der Waals surface area contributed by atoms with Crippen LogP contribution in [0.4, 0.5) is 0 Å². The van der Waals surface area contributed by atoms with Crippen LogP contribution in [0, 0.1) is 34.5 Å². The van der Waals surface area contributed by atoms with Gasteiger partial charge in [0.2, 0.25) is 0 Å². The third-order valence-electron chi connectivity index (χ3n) is 13.8. The van der Waals surface area contributed by atoms with Crippen LogP contribution in [-0.2, 0) is 33.3 Å². The summed E-state index contributed by atoms with van der Waals surface area (Å²) >= 11 is 0. The fourth-order valence-electron chi connectivity index (χ4n) is 11.2. The number of fused-ring (bicyclic) bond motifs is 5. The quantitative estimate of drug-likeness (QED) is 0.210. The lowest BCUT2D eigenvalue weighted by molar-refractivity contribution is -0.272. The molecule has 5 fully saturated rings. The van der Waals surface area contributed by atoms with Crippen LogP contribution in [0.2, 0.25) is 0 Å². The zero-order valence-corrected chi connectivity index (χ0v) is 29.5. The molecule has 0 amide bonds. The zero-order valence-electron chi connectivity index (χ0n) is 29.5. The molecule has 2 aliphatic heterocycles. The van der Waals surface area contributed by atoms with Gasteiger partial charge in [-0.05, 0) is 124 Å². The normalized spacial score (nSPS) is 42.9. The van der Waals surface area contributed by atoms with Crippen LogP contribution >= 0.6 is 0 Å². The first-order valence-corrected chi connectivity index (χ1v) is 18.3. The summed E-state index contributed by atoms with van der Waals surface area (Å²) in [5.74, 6) is 0.768. The van der Waals surface area contributed by atoms with Crippen molar-refractivity contribution in [3.05, 3.63) is 41.5 Å². The maximum absolute atomic E-state index is 13.0. The first-order valence-electron chi connectivity index (χ1n) is 18.3. The Balaban J connectivity index is 0.990. The van der Waals surface area contributed by atoms with E-state index in [1.54, 1.807) is 37.5 Å². The largest absolute Gasteiger partial charge is 0.497 e. The highest BCUT2D eigenvalue weighted by molar-refractivity contribution is 5.89. The molecule has 0 aromatic heterocycles. The maximum atomic E-state index is 13.0. The molecule has 10 nitrogen and oxygen atoms in total. The van der Waals surface area contributed by atoms with Crippen molar-refractivity contribution in [2.24, 2.45) is 34.5 Å². The molecule has 49 heavy (non-hydrogen) atoms. The van der Waals surface area contributed by atoms with E-state index in [2.05, 4.69) is 13.8 Å². The number of methoxy groups -OCH3 is 1. The SMILES string of the molecule is COc1ccc(C(=O)O[C@H]2[C@@H](OC(C)=O)C[C@H](O[C@H]3CC[C@@]4(C)[C@H](CC[C@@H]5[C@@H]4CC[C@]4(C)[C@@H](C6=CC(=O)OC6)CC[C@]54O)C3)O[C@@H]2C)cc1. The fraction of sp³-hybridized carbons (Fsp3) is 0.718. The molecule has 1 aromatic carbocycles. The number of ether oxygens (including phenoxy) is 6. The van der Waals surface area contributed by atoms with Gasteiger partial charge in [0, 0.05) is 24.8 Å². The van der Waals surface area contributed by atoms with Gasteiger partial charge < -0.3 is 33.5 Å². The third kappa shape index (κ3) is 5.99. The molecule has 4 saturated carbocycles. The van der Waals surface area contributed by atoms with Gasteiger partial charge in [-0.2, -0.15) is 0 Å². The number of cyclic esters (lactones) is 1. The summed E-state index contributed by atoms with van der Waals surface area (Å²) in [6.45, 7) is 8.26. The molecule has 0 spiro atoms. The Kier molecular flexibility index (Phi) is 9.14. The first kappa shape index (κ1) is 34.5. The van der Waals surface area contributed by atoms with Crippen LogP contribution in [0.5, 0.6) is 5.75 Å². The lowest BCUT2D eigenvalue weighted by atomic mass is 9.43. The van der Waals surface area contributed by atoms with Crippen LogP contribution in [0.1, 0.15) is 102 Å². The highest BCUT2D eigenvalue weighted by Gasteiger charge is 2.67. The molecular weight excluding hydrogens is 628 g/mol. The van der Waals surface area contributed by atoms with E-state index in [1.165, 1.54) is 6.92 Å². The predicted molar refractivity (Wildman–Crippen MR) is 177 cm³/mol. The Morgan fingerprint density at radius 1 is 0.939 bits per heavy atom. The van der Waals surface area contributed by atoms with Crippen molar-refractivity contribution >= 4 is 17.9 Å². The topological polar surface area (TPSA) is 127 Å². The molecule has 0 bridgehead atoms. The minimum atomic E-state index is -0.778. The van der Waals surface area contributed by atoms with E-state index in [4.69, 9.17) is 28.4 Å². The number of rotatable bonds is 7. The van der Waals surface area contributed by atoms with Gasteiger partial charge in [-0.15, -0.1) is 0 Å². The Morgan fingerprint density at radius 2 is 1.71 bits per heavy atom. The molecule has 4 aliphatic carbocycles. The average molecular weight is 681 g/mol. The number of esters is 3. The Hall–Kier alpha value is -2.95. The number of carbonyl (C=O) groups excluding carboxylic acids is 3. The zero-order chi connectivity index (χ0) is 34.7. The standard InChI is InChI=1S/C39H52O10/c1-22-35(49-36(42)24-6-9-27(44-5)10-7-24)32(47-23(2)40)20-34(46-22)48-28-12-15-37(3)26(19-28)8-11-31-30(37)13-16-38(4)29(14-17-39(31,38)43)25-18-33(41)45-21-25/h6-7,9-10,18,22,26,28-32,34-35,43H,8,11-17,19-21H2,1-5H3/t22-,26-,28+,29-,30+,31-,32+,34+,35-,37+,38-,39+/m1/s1. The molecule has 12 atom stereocenters. The molecule has 1 saturated heterocycles. The van der Waals surface area contributed by atoms with Crippen molar-refractivity contribution in [1.29, 1.82) is 0 Å². The lowest BCUT2D eigenvalue weighted by Gasteiger charge is -2.64. The summed E-state index contributed by atoms with van der Waals surface area (Å²) in [6, 6.07) is 6.66. The first-order chi connectivity index (χ1) is 23.3. The second-order valence-corrected chi connectivity index (χ2v) is 16.1. The Labute approximate surface area is 289 Å². The molecule has 7 rings (SSSR count). The molecule has 1 aromatic rings. The van der Waals surface area contributed by atoms with Crippen molar-refractivity contribution in [3.63, 3.8) is 0 Å². The van der Waals surface area contributed by atoms with E-state index in [-0.39, 0.29) is 41.2 Å². The summed E-state index contributed by atoms with van der Waals surface area (Å²) in [6.07, 6.45) is 7.95. The van der Waals surface area contributed by atoms with Gasteiger partial charge in [0.05, 0.1) is 30.5 Å². The summed E-state index contributed by atoms with van der Waals surface area (Å²) in [4.78, 5) is 37.0. The molecule has 6 aliphatic rings. The summed E-state index contributed by atoms with van der Waals surface area (Å²) in [7, 11) is 1.56. The second kappa shape index (κ2) is 13.0. The van der Waals surface area contributed by atoms with E-state index in [1.807, 2.05) is 6.92 Å². The molecule has 10 heteroatoms. The smallest absolute Gasteiger partial charge is 0.338 e. The van der Waals surface area contributed by atoms with Crippen molar-refractivity contribution in [2.75, 3.05) is 13.7 Å². The van der Waals surface area contributed by atoms with Crippen LogP contribution in [0.3, 0.4) is 0 Å². The van der Waals surface area contributed by atoms with Gasteiger partial charge in [-0.25, -0.2) is 9.59 Å².